The Labute approximate surface area is 146 Å². The maximum Gasteiger partial charge on any atom is 0.0212 e. The minimum absolute atomic E-state index is 0.416. The van der Waals surface area contributed by atoms with E-state index in [-0.39, 0.29) is 0 Å². The highest BCUT2D eigenvalue weighted by molar-refractivity contribution is 5.04. The molecule has 1 heteroatoms. The molecule has 2 aliphatic carbocycles. The third-order valence-corrected chi connectivity index (χ3v) is 7.66. The van der Waals surface area contributed by atoms with E-state index < -0.39 is 0 Å². The van der Waals surface area contributed by atoms with E-state index in [1.807, 2.05) is 0 Å². The topological polar surface area (TPSA) is 12.0 Å². The summed E-state index contributed by atoms with van der Waals surface area (Å²) in [6.45, 7) is 9.79. The van der Waals surface area contributed by atoms with Crippen LogP contribution in [-0.2, 0) is 0 Å². The third kappa shape index (κ3) is 4.14. The van der Waals surface area contributed by atoms with E-state index in [0.29, 0.717) is 11.1 Å². The molecule has 0 heterocycles. The molecule has 23 heavy (non-hydrogen) atoms. The highest BCUT2D eigenvalue weighted by atomic mass is 15.1. The van der Waals surface area contributed by atoms with Crippen LogP contribution in [0.25, 0.3) is 0 Å². The van der Waals surface area contributed by atoms with Crippen LogP contribution in [-0.4, -0.2) is 11.1 Å². The van der Waals surface area contributed by atoms with Crippen LogP contribution in [0.1, 0.15) is 118 Å². The maximum atomic E-state index is 4.47. The highest BCUT2D eigenvalue weighted by Gasteiger charge is 2.46. The molecule has 4 unspecified atom stereocenters. The summed E-state index contributed by atoms with van der Waals surface area (Å²) in [4.78, 5) is 0. The third-order valence-electron chi connectivity index (χ3n) is 7.66. The molecular weight excluding hydrogens is 278 g/mol. The SMILES string of the molecule is CCC1CCCCCC1(CC)NC1(CC)CCCCCC1CC. The molecular formula is C22H43N. The van der Waals surface area contributed by atoms with Crippen molar-refractivity contribution in [3.05, 3.63) is 0 Å². The number of nitrogens with one attached hydrogen (secondary N) is 1. The summed E-state index contributed by atoms with van der Waals surface area (Å²) in [6, 6.07) is 0. The number of hydrogen-bond acceptors (Lipinski definition) is 1. The van der Waals surface area contributed by atoms with Crippen LogP contribution in [0.4, 0.5) is 0 Å². The van der Waals surface area contributed by atoms with Gasteiger partial charge in [-0.2, -0.15) is 0 Å². The van der Waals surface area contributed by atoms with Gasteiger partial charge in [0.25, 0.3) is 0 Å². The van der Waals surface area contributed by atoms with E-state index >= 15 is 0 Å². The van der Waals surface area contributed by atoms with Crippen LogP contribution < -0.4 is 5.32 Å². The molecule has 2 aliphatic rings. The molecule has 136 valence electrons. The van der Waals surface area contributed by atoms with Crippen molar-refractivity contribution < 1.29 is 0 Å². The van der Waals surface area contributed by atoms with Gasteiger partial charge in [0.2, 0.25) is 0 Å². The van der Waals surface area contributed by atoms with E-state index in [2.05, 4.69) is 33.0 Å². The van der Waals surface area contributed by atoms with Gasteiger partial charge in [-0.3, -0.25) is 0 Å². The van der Waals surface area contributed by atoms with Crippen LogP contribution in [0.2, 0.25) is 0 Å². The van der Waals surface area contributed by atoms with Gasteiger partial charge >= 0.3 is 0 Å². The van der Waals surface area contributed by atoms with E-state index in [9.17, 15) is 0 Å². The predicted octanol–water partition coefficient (Wildman–Crippen LogP) is 6.85. The summed E-state index contributed by atoms with van der Waals surface area (Å²) < 4.78 is 0. The van der Waals surface area contributed by atoms with Crippen LogP contribution in [0.5, 0.6) is 0 Å². The molecule has 0 radical (unpaired) electrons. The lowest BCUT2D eigenvalue weighted by Crippen LogP contribution is -2.63. The first-order valence-corrected chi connectivity index (χ1v) is 11.0. The fourth-order valence-electron chi connectivity index (χ4n) is 6.10. The molecule has 0 amide bonds. The minimum Gasteiger partial charge on any atom is -0.305 e. The predicted molar refractivity (Wildman–Crippen MR) is 103 cm³/mol. The van der Waals surface area contributed by atoms with Crippen molar-refractivity contribution in [2.45, 2.75) is 129 Å². The lowest BCUT2D eigenvalue weighted by Gasteiger charge is -2.51. The van der Waals surface area contributed by atoms with Gasteiger partial charge in [-0.1, -0.05) is 79.1 Å². The van der Waals surface area contributed by atoms with Gasteiger partial charge in [0.15, 0.2) is 0 Å². The smallest absolute Gasteiger partial charge is 0.0212 e. The molecule has 2 rings (SSSR count). The molecule has 2 saturated carbocycles. The van der Waals surface area contributed by atoms with Gasteiger partial charge in [-0.25, -0.2) is 0 Å². The molecule has 0 aliphatic heterocycles. The Hall–Kier alpha value is -0.0400. The molecule has 0 bridgehead atoms. The molecule has 0 aromatic heterocycles. The fourth-order valence-corrected chi connectivity index (χ4v) is 6.10. The van der Waals surface area contributed by atoms with Crippen molar-refractivity contribution in [1.82, 2.24) is 5.32 Å². The zero-order valence-electron chi connectivity index (χ0n) is 16.6. The highest BCUT2D eigenvalue weighted by Crippen LogP contribution is 2.44. The number of rotatable bonds is 6. The van der Waals surface area contributed by atoms with Crippen molar-refractivity contribution in [3.8, 4) is 0 Å². The summed E-state index contributed by atoms with van der Waals surface area (Å²) in [5.74, 6) is 1.78. The Kier molecular flexibility index (Phi) is 7.45. The molecule has 1 N–H and O–H groups in total. The fraction of sp³-hybridized carbons (Fsp3) is 1.00. The van der Waals surface area contributed by atoms with E-state index in [4.69, 9.17) is 0 Å². The standard InChI is InChI=1S/C22H43N/c1-5-19-15-11-9-13-17-21(19,7-3)23-22(8-4)18-14-10-12-16-20(22)6-2/h19-20,23H,5-18H2,1-4H3. The van der Waals surface area contributed by atoms with Gasteiger partial charge < -0.3 is 5.32 Å². The van der Waals surface area contributed by atoms with Crippen molar-refractivity contribution in [3.63, 3.8) is 0 Å². The van der Waals surface area contributed by atoms with Crippen molar-refractivity contribution >= 4 is 0 Å². The van der Waals surface area contributed by atoms with Crippen LogP contribution >= 0.6 is 0 Å². The Balaban J connectivity index is 2.30. The summed E-state index contributed by atoms with van der Waals surface area (Å²) in [5, 5.41) is 4.47. The summed E-state index contributed by atoms with van der Waals surface area (Å²) in [5.41, 5.74) is 0.831. The largest absolute Gasteiger partial charge is 0.305 e. The Morgan fingerprint density at radius 1 is 0.652 bits per heavy atom. The molecule has 0 saturated heterocycles. The molecule has 4 atom stereocenters. The first-order valence-electron chi connectivity index (χ1n) is 11.0. The lowest BCUT2D eigenvalue weighted by atomic mass is 9.69. The summed E-state index contributed by atoms with van der Waals surface area (Å²) in [7, 11) is 0. The van der Waals surface area contributed by atoms with Crippen LogP contribution in [0, 0.1) is 11.8 Å². The second kappa shape index (κ2) is 8.88. The summed E-state index contributed by atoms with van der Waals surface area (Å²) >= 11 is 0. The van der Waals surface area contributed by atoms with Crippen LogP contribution in [0.3, 0.4) is 0 Å². The number of hydrogen-bond donors (Lipinski definition) is 1. The first-order chi connectivity index (χ1) is 11.2. The average molecular weight is 322 g/mol. The Bertz CT molecular complexity index is 307. The average Bonchev–Trinajstić information content (AvgIpc) is 2.91. The zero-order valence-corrected chi connectivity index (χ0v) is 16.6. The molecule has 1 nitrogen and oxygen atoms in total. The van der Waals surface area contributed by atoms with Crippen molar-refractivity contribution in [1.29, 1.82) is 0 Å². The first kappa shape index (κ1) is 19.3. The normalized spacial score (nSPS) is 39.7. The zero-order chi connectivity index (χ0) is 16.8. The molecule has 0 aromatic carbocycles. The van der Waals surface area contributed by atoms with Gasteiger partial charge in [-0.05, 0) is 50.4 Å². The Morgan fingerprint density at radius 2 is 1.09 bits per heavy atom. The second-order valence-electron chi connectivity index (χ2n) is 8.55. The van der Waals surface area contributed by atoms with Gasteiger partial charge in [0.05, 0.1) is 0 Å². The molecule has 0 aromatic rings. The van der Waals surface area contributed by atoms with Crippen molar-refractivity contribution in [2.24, 2.45) is 11.8 Å². The Morgan fingerprint density at radius 3 is 1.43 bits per heavy atom. The molecule has 2 fully saturated rings. The van der Waals surface area contributed by atoms with Gasteiger partial charge in [0, 0.05) is 11.1 Å². The molecule has 0 spiro atoms. The van der Waals surface area contributed by atoms with Crippen LogP contribution in [0.15, 0.2) is 0 Å². The maximum absolute atomic E-state index is 4.47. The minimum atomic E-state index is 0.416. The van der Waals surface area contributed by atoms with E-state index in [0.717, 1.165) is 11.8 Å². The monoisotopic (exact) mass is 321 g/mol. The lowest BCUT2D eigenvalue weighted by molar-refractivity contribution is 0.0683. The van der Waals surface area contributed by atoms with Gasteiger partial charge in [0.1, 0.15) is 0 Å². The quantitative estimate of drug-likeness (QED) is 0.527. The second-order valence-corrected chi connectivity index (χ2v) is 8.55. The summed E-state index contributed by atoms with van der Waals surface area (Å²) in [6.07, 6.45) is 19.8. The van der Waals surface area contributed by atoms with E-state index in [1.165, 1.54) is 89.9 Å². The van der Waals surface area contributed by atoms with E-state index in [1.54, 1.807) is 0 Å². The van der Waals surface area contributed by atoms with Crippen molar-refractivity contribution in [2.75, 3.05) is 0 Å². The van der Waals surface area contributed by atoms with Gasteiger partial charge in [-0.15, -0.1) is 0 Å².